The van der Waals surface area contributed by atoms with E-state index in [4.69, 9.17) is 0 Å². The number of aliphatic hydroxyl groups is 1. The fourth-order valence-electron chi connectivity index (χ4n) is 4.34. The van der Waals surface area contributed by atoms with Crippen LogP contribution in [0.15, 0.2) is 73.3 Å². The molecule has 3 atom stereocenters. The van der Waals surface area contributed by atoms with E-state index in [9.17, 15) is 14.7 Å². The summed E-state index contributed by atoms with van der Waals surface area (Å²) in [6, 6.07) is 13.4. The molecule has 8 heteroatoms. The molecule has 1 fully saturated rings. The Morgan fingerprint density at radius 2 is 1.81 bits per heavy atom. The highest BCUT2D eigenvalue weighted by molar-refractivity contribution is 6.03. The Kier molecular flexibility index (Phi) is 7.76. The van der Waals surface area contributed by atoms with Crippen molar-refractivity contribution in [2.75, 3.05) is 11.4 Å². The van der Waals surface area contributed by atoms with Gasteiger partial charge >= 0.3 is 0 Å². The van der Waals surface area contributed by atoms with E-state index in [2.05, 4.69) is 41.4 Å². The molecule has 3 N–H and O–H groups in total. The van der Waals surface area contributed by atoms with E-state index >= 15 is 0 Å². The van der Waals surface area contributed by atoms with Crippen molar-refractivity contribution in [3.63, 3.8) is 0 Å². The van der Waals surface area contributed by atoms with E-state index in [1.54, 1.807) is 36.9 Å². The Morgan fingerprint density at radius 3 is 2.39 bits per heavy atom. The van der Waals surface area contributed by atoms with Gasteiger partial charge in [-0.25, -0.2) is 0 Å². The van der Waals surface area contributed by atoms with Gasteiger partial charge in [0.15, 0.2) is 0 Å². The van der Waals surface area contributed by atoms with Gasteiger partial charge in [0.05, 0.1) is 12.1 Å². The minimum absolute atomic E-state index is 0.0604. The van der Waals surface area contributed by atoms with Gasteiger partial charge in [0, 0.05) is 49.1 Å². The maximum absolute atomic E-state index is 13.9. The lowest BCUT2D eigenvalue weighted by molar-refractivity contribution is -0.127. The van der Waals surface area contributed by atoms with Crippen molar-refractivity contribution in [2.45, 2.75) is 57.3 Å². The number of aromatic nitrogens is 2. The molecule has 0 bridgehead atoms. The summed E-state index contributed by atoms with van der Waals surface area (Å²) in [6.07, 6.45) is 6.26. The highest BCUT2D eigenvalue weighted by Gasteiger charge is 2.39. The lowest BCUT2D eigenvalue weighted by Crippen LogP contribution is -2.50. The van der Waals surface area contributed by atoms with Gasteiger partial charge in [0.25, 0.3) is 0 Å². The highest BCUT2D eigenvalue weighted by Crippen LogP contribution is 2.32. The first-order valence-electron chi connectivity index (χ1n) is 12.2. The summed E-state index contributed by atoms with van der Waals surface area (Å²) in [7, 11) is 0. The average molecular weight is 488 g/mol. The first kappa shape index (κ1) is 25.5. The Hall–Kier alpha value is -3.62. The molecule has 36 heavy (non-hydrogen) atoms. The van der Waals surface area contributed by atoms with Gasteiger partial charge in [-0.15, -0.1) is 0 Å². The summed E-state index contributed by atoms with van der Waals surface area (Å²) >= 11 is 0. The SMILES string of the molecule is CC(C)(C)c1ccc(N(C(=O)C2CC(O)CN2)C(C(=O)NCc2ccncc2)c2cccnc2)cc1. The molecule has 8 nitrogen and oxygen atoms in total. The minimum atomic E-state index is -0.951. The molecule has 0 radical (unpaired) electrons. The van der Waals surface area contributed by atoms with Crippen LogP contribution < -0.4 is 15.5 Å². The third-order valence-corrected chi connectivity index (χ3v) is 6.38. The predicted molar refractivity (Wildman–Crippen MR) is 138 cm³/mol. The second-order valence-electron chi connectivity index (χ2n) is 10.1. The molecule has 3 unspecified atom stereocenters. The smallest absolute Gasteiger partial charge is 0.248 e. The number of hydrogen-bond donors (Lipinski definition) is 3. The first-order chi connectivity index (χ1) is 17.2. The van der Waals surface area contributed by atoms with Gasteiger partial charge in [-0.1, -0.05) is 39.0 Å². The van der Waals surface area contributed by atoms with E-state index in [-0.39, 0.29) is 23.7 Å². The van der Waals surface area contributed by atoms with Crippen LogP contribution in [0.1, 0.15) is 49.9 Å². The molecule has 2 amide bonds. The van der Waals surface area contributed by atoms with Gasteiger partial charge in [0.1, 0.15) is 6.04 Å². The van der Waals surface area contributed by atoms with Crippen LogP contribution in [-0.2, 0) is 21.5 Å². The first-order valence-corrected chi connectivity index (χ1v) is 12.2. The normalized spacial score (nSPS) is 18.4. The van der Waals surface area contributed by atoms with Gasteiger partial charge in [-0.05, 0) is 53.3 Å². The van der Waals surface area contributed by atoms with Gasteiger partial charge < -0.3 is 15.7 Å². The Balaban J connectivity index is 1.73. The van der Waals surface area contributed by atoms with Crippen LogP contribution in [0.4, 0.5) is 5.69 Å². The maximum atomic E-state index is 13.9. The number of nitrogens with one attached hydrogen (secondary N) is 2. The van der Waals surface area contributed by atoms with E-state index in [1.807, 2.05) is 36.4 Å². The van der Waals surface area contributed by atoms with Crippen LogP contribution in [0.5, 0.6) is 0 Å². The zero-order chi connectivity index (χ0) is 25.7. The third kappa shape index (κ3) is 5.95. The topological polar surface area (TPSA) is 107 Å². The summed E-state index contributed by atoms with van der Waals surface area (Å²) in [5, 5.41) is 16.2. The van der Waals surface area contributed by atoms with Crippen molar-refractivity contribution < 1.29 is 14.7 Å². The Bertz CT molecular complexity index is 1160. The number of benzene rings is 1. The average Bonchev–Trinajstić information content (AvgIpc) is 3.32. The number of pyridine rings is 2. The van der Waals surface area contributed by atoms with Crippen molar-refractivity contribution in [2.24, 2.45) is 0 Å². The number of carbonyl (C=O) groups excluding carboxylic acids is 2. The van der Waals surface area contributed by atoms with Gasteiger partial charge in [-0.3, -0.25) is 24.5 Å². The van der Waals surface area contributed by atoms with E-state index in [0.29, 0.717) is 24.3 Å². The summed E-state index contributed by atoms with van der Waals surface area (Å²) in [5.74, 6) is -0.602. The zero-order valence-corrected chi connectivity index (χ0v) is 20.9. The number of amides is 2. The van der Waals surface area contributed by atoms with Crippen LogP contribution in [0.3, 0.4) is 0 Å². The number of nitrogens with zero attached hydrogens (tertiary/aromatic N) is 3. The van der Waals surface area contributed by atoms with E-state index in [1.165, 1.54) is 4.90 Å². The molecular weight excluding hydrogens is 454 g/mol. The molecule has 1 saturated heterocycles. The molecule has 3 aromatic rings. The number of rotatable bonds is 7. The number of carbonyl (C=O) groups is 2. The molecule has 1 aromatic carbocycles. The monoisotopic (exact) mass is 487 g/mol. The molecule has 4 rings (SSSR count). The van der Waals surface area contributed by atoms with Crippen LogP contribution >= 0.6 is 0 Å². The van der Waals surface area contributed by atoms with Crippen molar-refractivity contribution in [1.82, 2.24) is 20.6 Å². The second kappa shape index (κ2) is 11.0. The molecule has 0 aliphatic carbocycles. The zero-order valence-electron chi connectivity index (χ0n) is 20.9. The highest BCUT2D eigenvalue weighted by atomic mass is 16.3. The molecule has 1 aliphatic rings. The number of hydrogen-bond acceptors (Lipinski definition) is 6. The minimum Gasteiger partial charge on any atom is -0.392 e. The predicted octanol–water partition coefficient (Wildman–Crippen LogP) is 2.89. The van der Waals surface area contributed by atoms with Crippen molar-refractivity contribution in [3.05, 3.63) is 90.0 Å². The third-order valence-electron chi connectivity index (χ3n) is 6.38. The van der Waals surface area contributed by atoms with Crippen LogP contribution in [0, 0.1) is 0 Å². The Labute approximate surface area is 211 Å². The largest absolute Gasteiger partial charge is 0.392 e. The Morgan fingerprint density at radius 1 is 1.08 bits per heavy atom. The lowest BCUT2D eigenvalue weighted by atomic mass is 9.87. The molecule has 0 saturated carbocycles. The molecule has 1 aliphatic heterocycles. The summed E-state index contributed by atoms with van der Waals surface area (Å²) in [6.45, 7) is 7.00. The quantitative estimate of drug-likeness (QED) is 0.473. The van der Waals surface area contributed by atoms with Crippen LogP contribution in [0.25, 0.3) is 0 Å². The van der Waals surface area contributed by atoms with Crippen LogP contribution in [0.2, 0.25) is 0 Å². The van der Waals surface area contributed by atoms with E-state index < -0.39 is 18.2 Å². The van der Waals surface area contributed by atoms with Gasteiger partial charge in [0.2, 0.25) is 11.8 Å². The number of aliphatic hydroxyl groups excluding tert-OH is 1. The molecule has 188 valence electrons. The summed E-state index contributed by atoms with van der Waals surface area (Å²) in [5.41, 5.74) is 3.15. The standard InChI is InChI=1S/C28H33N5O3/c1-28(2,3)21-6-8-22(9-7-21)33(27(36)24-15-23(34)18-31-24)25(20-5-4-12-30-17-20)26(35)32-16-19-10-13-29-14-11-19/h4-14,17,23-25,31,34H,15-16,18H2,1-3H3,(H,32,35). The van der Waals surface area contributed by atoms with Crippen molar-refractivity contribution in [1.29, 1.82) is 0 Å². The molecular formula is C28H33N5O3. The lowest BCUT2D eigenvalue weighted by Gasteiger charge is -2.33. The fraction of sp³-hybridized carbons (Fsp3) is 0.357. The molecule has 0 spiro atoms. The maximum Gasteiger partial charge on any atom is 0.248 e. The summed E-state index contributed by atoms with van der Waals surface area (Å²) in [4.78, 5) is 37.4. The molecule has 3 heterocycles. The van der Waals surface area contributed by atoms with Crippen molar-refractivity contribution in [3.8, 4) is 0 Å². The fourth-order valence-corrected chi connectivity index (χ4v) is 4.34. The molecule has 2 aromatic heterocycles. The summed E-state index contributed by atoms with van der Waals surface area (Å²) < 4.78 is 0. The number of β-amino-alcohol motifs (C(OH)–C–C–N with tert-alkyl or cyclic N) is 1. The van der Waals surface area contributed by atoms with Crippen LogP contribution in [-0.4, -0.2) is 45.6 Å². The van der Waals surface area contributed by atoms with Crippen molar-refractivity contribution >= 4 is 17.5 Å². The second-order valence-corrected chi connectivity index (χ2v) is 10.1. The van der Waals surface area contributed by atoms with Gasteiger partial charge in [-0.2, -0.15) is 0 Å². The van der Waals surface area contributed by atoms with E-state index in [0.717, 1.165) is 11.1 Å². The number of anilines is 1.